The highest BCUT2D eigenvalue weighted by atomic mass is 16.5. The lowest BCUT2D eigenvalue weighted by Gasteiger charge is -2.34. The van der Waals surface area contributed by atoms with Gasteiger partial charge in [-0.2, -0.15) is 0 Å². The third kappa shape index (κ3) is 5.11. The SMILES string of the molecule is COCCN1CCN(CCC(=O)O)CC1. The number of ether oxygens (including phenoxy) is 1. The molecule has 88 valence electrons. The summed E-state index contributed by atoms with van der Waals surface area (Å²) in [5.74, 6) is -0.711. The number of rotatable bonds is 6. The van der Waals surface area contributed by atoms with Crippen LogP contribution in [0.4, 0.5) is 0 Å². The van der Waals surface area contributed by atoms with Crippen LogP contribution in [0.25, 0.3) is 0 Å². The second kappa shape index (κ2) is 6.76. The fourth-order valence-electron chi connectivity index (χ4n) is 1.71. The van der Waals surface area contributed by atoms with Gasteiger partial charge in [0.25, 0.3) is 0 Å². The van der Waals surface area contributed by atoms with Crippen LogP contribution in [0.2, 0.25) is 0 Å². The van der Waals surface area contributed by atoms with Crippen LogP contribution in [0, 0.1) is 0 Å². The average Bonchev–Trinajstić information content (AvgIpc) is 2.25. The van der Waals surface area contributed by atoms with Gasteiger partial charge in [0.05, 0.1) is 13.0 Å². The zero-order chi connectivity index (χ0) is 11.1. The van der Waals surface area contributed by atoms with Gasteiger partial charge in [-0.3, -0.25) is 9.69 Å². The number of carbonyl (C=O) groups is 1. The maximum atomic E-state index is 10.4. The Kier molecular flexibility index (Phi) is 5.60. The van der Waals surface area contributed by atoms with E-state index in [2.05, 4.69) is 9.80 Å². The van der Waals surface area contributed by atoms with Gasteiger partial charge in [-0.15, -0.1) is 0 Å². The Morgan fingerprint density at radius 1 is 1.20 bits per heavy atom. The van der Waals surface area contributed by atoms with Gasteiger partial charge >= 0.3 is 5.97 Å². The van der Waals surface area contributed by atoms with E-state index in [1.54, 1.807) is 7.11 Å². The molecule has 0 aliphatic carbocycles. The number of carboxylic acid groups (broad SMARTS) is 1. The number of nitrogens with zero attached hydrogens (tertiary/aromatic N) is 2. The molecule has 0 saturated carbocycles. The van der Waals surface area contributed by atoms with E-state index in [0.717, 1.165) is 39.3 Å². The Hall–Kier alpha value is -0.650. The first-order chi connectivity index (χ1) is 7.22. The van der Waals surface area contributed by atoms with Crippen LogP contribution in [0.5, 0.6) is 0 Å². The van der Waals surface area contributed by atoms with E-state index in [4.69, 9.17) is 9.84 Å². The Morgan fingerprint density at radius 3 is 2.20 bits per heavy atom. The monoisotopic (exact) mass is 216 g/mol. The van der Waals surface area contributed by atoms with E-state index in [0.29, 0.717) is 6.54 Å². The fraction of sp³-hybridized carbons (Fsp3) is 0.900. The Bertz CT molecular complexity index is 191. The molecule has 0 amide bonds. The molecule has 0 atom stereocenters. The van der Waals surface area contributed by atoms with Gasteiger partial charge in [-0.05, 0) is 0 Å². The molecule has 1 saturated heterocycles. The van der Waals surface area contributed by atoms with Gasteiger partial charge in [-0.25, -0.2) is 0 Å². The zero-order valence-corrected chi connectivity index (χ0v) is 9.31. The first-order valence-corrected chi connectivity index (χ1v) is 5.38. The largest absolute Gasteiger partial charge is 0.481 e. The minimum absolute atomic E-state index is 0.248. The molecular weight excluding hydrogens is 196 g/mol. The molecular formula is C10H20N2O3. The third-order valence-corrected chi connectivity index (χ3v) is 2.72. The summed E-state index contributed by atoms with van der Waals surface area (Å²) in [6, 6.07) is 0. The number of aliphatic carboxylic acids is 1. The van der Waals surface area contributed by atoms with Crippen molar-refractivity contribution in [3.05, 3.63) is 0 Å². The van der Waals surface area contributed by atoms with E-state index in [-0.39, 0.29) is 6.42 Å². The molecule has 1 rings (SSSR count). The molecule has 0 aromatic heterocycles. The normalized spacial score (nSPS) is 19.3. The van der Waals surface area contributed by atoms with E-state index >= 15 is 0 Å². The van der Waals surface area contributed by atoms with Crippen molar-refractivity contribution < 1.29 is 14.6 Å². The highest BCUT2D eigenvalue weighted by Gasteiger charge is 2.16. The minimum atomic E-state index is -0.711. The molecule has 0 aromatic carbocycles. The molecule has 0 unspecified atom stereocenters. The van der Waals surface area contributed by atoms with E-state index in [1.807, 2.05) is 0 Å². The smallest absolute Gasteiger partial charge is 0.304 e. The summed E-state index contributed by atoms with van der Waals surface area (Å²) < 4.78 is 5.02. The molecule has 1 N–H and O–H groups in total. The maximum Gasteiger partial charge on any atom is 0.304 e. The van der Waals surface area contributed by atoms with Crippen molar-refractivity contribution in [2.45, 2.75) is 6.42 Å². The summed E-state index contributed by atoms with van der Waals surface area (Å²) in [5, 5.41) is 8.56. The number of piperazine rings is 1. The van der Waals surface area contributed by atoms with Gasteiger partial charge in [0.1, 0.15) is 0 Å². The average molecular weight is 216 g/mol. The lowest BCUT2D eigenvalue weighted by Crippen LogP contribution is -2.47. The molecule has 0 spiro atoms. The highest BCUT2D eigenvalue weighted by molar-refractivity contribution is 5.66. The number of hydrogen-bond acceptors (Lipinski definition) is 4. The predicted octanol–water partition coefficient (Wildman–Crippen LogP) is -0.275. The molecule has 1 fully saturated rings. The van der Waals surface area contributed by atoms with Gasteiger partial charge in [0.2, 0.25) is 0 Å². The molecule has 5 heteroatoms. The second-order valence-electron chi connectivity index (χ2n) is 3.82. The summed E-state index contributed by atoms with van der Waals surface area (Å²) in [6.45, 7) is 6.39. The molecule has 15 heavy (non-hydrogen) atoms. The van der Waals surface area contributed by atoms with Crippen LogP contribution in [-0.4, -0.2) is 73.9 Å². The molecule has 0 bridgehead atoms. The summed E-state index contributed by atoms with van der Waals surface area (Å²) in [4.78, 5) is 14.9. The van der Waals surface area contributed by atoms with Crippen molar-refractivity contribution in [2.75, 3.05) is 53.0 Å². The first-order valence-electron chi connectivity index (χ1n) is 5.38. The summed E-state index contributed by atoms with van der Waals surface area (Å²) in [6.07, 6.45) is 0.248. The standard InChI is InChI=1S/C10H20N2O3/c1-15-9-8-12-6-4-11(5-7-12)3-2-10(13)14/h2-9H2,1H3,(H,13,14). The van der Waals surface area contributed by atoms with Crippen LogP contribution in [-0.2, 0) is 9.53 Å². The minimum Gasteiger partial charge on any atom is -0.481 e. The Balaban J connectivity index is 2.09. The van der Waals surface area contributed by atoms with Crippen molar-refractivity contribution in [1.29, 1.82) is 0 Å². The quantitative estimate of drug-likeness (QED) is 0.662. The maximum absolute atomic E-state index is 10.4. The van der Waals surface area contributed by atoms with E-state index in [9.17, 15) is 4.79 Å². The van der Waals surface area contributed by atoms with Crippen molar-refractivity contribution >= 4 is 5.97 Å². The summed E-state index contributed by atoms with van der Waals surface area (Å²) in [5.41, 5.74) is 0. The molecule has 1 heterocycles. The molecule has 5 nitrogen and oxygen atoms in total. The van der Waals surface area contributed by atoms with Crippen molar-refractivity contribution in [3.8, 4) is 0 Å². The van der Waals surface area contributed by atoms with Crippen LogP contribution < -0.4 is 0 Å². The second-order valence-corrected chi connectivity index (χ2v) is 3.82. The van der Waals surface area contributed by atoms with Gasteiger partial charge in [0, 0.05) is 46.4 Å². The first kappa shape index (κ1) is 12.4. The van der Waals surface area contributed by atoms with E-state index < -0.39 is 5.97 Å². The molecule has 0 radical (unpaired) electrons. The van der Waals surface area contributed by atoms with Crippen molar-refractivity contribution in [2.24, 2.45) is 0 Å². The van der Waals surface area contributed by atoms with Crippen LogP contribution in [0.3, 0.4) is 0 Å². The number of methoxy groups -OCH3 is 1. The van der Waals surface area contributed by atoms with Gasteiger partial charge in [-0.1, -0.05) is 0 Å². The Morgan fingerprint density at radius 2 is 1.73 bits per heavy atom. The van der Waals surface area contributed by atoms with Gasteiger partial charge in [0.15, 0.2) is 0 Å². The molecule has 0 aromatic rings. The summed E-state index contributed by atoms with van der Waals surface area (Å²) in [7, 11) is 1.71. The zero-order valence-electron chi connectivity index (χ0n) is 9.31. The Labute approximate surface area is 90.6 Å². The number of carboxylic acids is 1. The van der Waals surface area contributed by atoms with Crippen LogP contribution in [0.1, 0.15) is 6.42 Å². The molecule has 1 aliphatic rings. The van der Waals surface area contributed by atoms with Crippen LogP contribution in [0.15, 0.2) is 0 Å². The van der Waals surface area contributed by atoms with Crippen LogP contribution >= 0.6 is 0 Å². The van der Waals surface area contributed by atoms with Gasteiger partial charge < -0.3 is 14.7 Å². The lowest BCUT2D eigenvalue weighted by atomic mass is 10.3. The highest BCUT2D eigenvalue weighted by Crippen LogP contribution is 2.02. The number of hydrogen-bond donors (Lipinski definition) is 1. The fourth-order valence-corrected chi connectivity index (χ4v) is 1.71. The van der Waals surface area contributed by atoms with E-state index in [1.165, 1.54) is 0 Å². The lowest BCUT2D eigenvalue weighted by molar-refractivity contribution is -0.137. The molecule has 1 aliphatic heterocycles. The summed E-state index contributed by atoms with van der Waals surface area (Å²) >= 11 is 0. The van der Waals surface area contributed by atoms with Crippen molar-refractivity contribution in [3.63, 3.8) is 0 Å². The topological polar surface area (TPSA) is 53.0 Å². The third-order valence-electron chi connectivity index (χ3n) is 2.72. The van der Waals surface area contributed by atoms with Crippen molar-refractivity contribution in [1.82, 2.24) is 9.80 Å². The predicted molar refractivity (Wildman–Crippen MR) is 57.0 cm³/mol.